The minimum absolute atomic E-state index is 0.00116. The van der Waals surface area contributed by atoms with Gasteiger partial charge in [-0.3, -0.25) is 0 Å². The molecule has 2 aromatic rings. The highest BCUT2D eigenvalue weighted by molar-refractivity contribution is 9.10. The smallest absolute Gasteiger partial charge is 0.387 e. The largest absolute Gasteiger partial charge is 0.431 e. The fourth-order valence-corrected chi connectivity index (χ4v) is 2.42. The van der Waals surface area contributed by atoms with Crippen molar-refractivity contribution in [2.45, 2.75) is 13.2 Å². The van der Waals surface area contributed by atoms with Crippen molar-refractivity contribution in [3.63, 3.8) is 0 Å². The first kappa shape index (κ1) is 14.9. The predicted molar refractivity (Wildman–Crippen MR) is 75.1 cm³/mol. The van der Waals surface area contributed by atoms with Crippen molar-refractivity contribution in [3.8, 4) is 5.75 Å². The number of alkyl halides is 2. The molecule has 0 aliphatic rings. The van der Waals surface area contributed by atoms with Crippen molar-refractivity contribution in [2.75, 3.05) is 5.32 Å². The summed E-state index contributed by atoms with van der Waals surface area (Å²) in [6.07, 6.45) is 4.64. The van der Waals surface area contributed by atoms with E-state index in [9.17, 15) is 8.78 Å². The molecule has 4 nitrogen and oxygen atoms in total. The Kier molecular flexibility index (Phi) is 5.08. The van der Waals surface area contributed by atoms with E-state index >= 15 is 0 Å². The second kappa shape index (κ2) is 6.81. The third-order valence-electron chi connectivity index (χ3n) is 2.31. The molecule has 0 aliphatic carbocycles. The van der Waals surface area contributed by atoms with Crippen LogP contribution in [-0.2, 0) is 6.54 Å². The summed E-state index contributed by atoms with van der Waals surface area (Å²) in [6.45, 7) is -2.57. The molecule has 0 bridgehead atoms. The number of nitrogens with one attached hydrogen (secondary N) is 1. The van der Waals surface area contributed by atoms with Crippen molar-refractivity contribution < 1.29 is 13.5 Å². The van der Waals surface area contributed by atoms with Crippen LogP contribution in [0.3, 0.4) is 0 Å². The number of hydrogen-bond donors (Lipinski definition) is 1. The molecule has 20 heavy (non-hydrogen) atoms. The van der Waals surface area contributed by atoms with Gasteiger partial charge in [0.25, 0.3) is 0 Å². The molecule has 1 N–H and O–H groups in total. The number of benzene rings is 1. The standard InChI is InChI=1S/C12H9BrClF2N3O/c13-9-1-8(14)2-10(11(9)20-12(15)16)19-5-7-3-17-6-18-4-7/h1-4,6,12,19H,5H2. The van der Waals surface area contributed by atoms with Gasteiger partial charge in [-0.05, 0) is 28.1 Å². The van der Waals surface area contributed by atoms with Gasteiger partial charge >= 0.3 is 6.61 Å². The molecular weight excluding hydrogens is 356 g/mol. The maximum Gasteiger partial charge on any atom is 0.387 e. The van der Waals surface area contributed by atoms with E-state index in [2.05, 4.69) is 36.0 Å². The van der Waals surface area contributed by atoms with Crippen LogP contribution < -0.4 is 10.1 Å². The maximum atomic E-state index is 12.4. The van der Waals surface area contributed by atoms with E-state index in [1.54, 1.807) is 12.4 Å². The molecule has 0 spiro atoms. The molecule has 0 fully saturated rings. The molecule has 1 aromatic heterocycles. The number of ether oxygens (including phenoxy) is 1. The van der Waals surface area contributed by atoms with E-state index in [4.69, 9.17) is 11.6 Å². The molecule has 0 saturated carbocycles. The lowest BCUT2D eigenvalue weighted by Gasteiger charge is -2.14. The minimum atomic E-state index is -2.92. The van der Waals surface area contributed by atoms with E-state index in [0.717, 1.165) is 5.56 Å². The van der Waals surface area contributed by atoms with Crippen LogP contribution in [0.4, 0.5) is 14.5 Å². The molecule has 1 aromatic carbocycles. The van der Waals surface area contributed by atoms with Crippen LogP contribution in [0.5, 0.6) is 5.75 Å². The van der Waals surface area contributed by atoms with Crippen LogP contribution in [0.1, 0.15) is 5.56 Å². The molecule has 0 radical (unpaired) electrons. The van der Waals surface area contributed by atoms with Crippen LogP contribution in [0, 0.1) is 0 Å². The summed E-state index contributed by atoms with van der Waals surface area (Å²) in [5, 5.41) is 3.36. The Morgan fingerprint density at radius 3 is 2.65 bits per heavy atom. The van der Waals surface area contributed by atoms with Gasteiger partial charge < -0.3 is 10.1 Å². The minimum Gasteiger partial charge on any atom is -0.431 e. The van der Waals surface area contributed by atoms with Crippen molar-refractivity contribution >= 4 is 33.2 Å². The average Bonchev–Trinajstić information content (AvgIpc) is 2.40. The highest BCUT2D eigenvalue weighted by Crippen LogP contribution is 2.37. The summed E-state index contributed by atoms with van der Waals surface area (Å²) in [5.74, 6) is 0.00116. The summed E-state index contributed by atoms with van der Waals surface area (Å²) in [5.41, 5.74) is 1.15. The lowest BCUT2D eigenvalue weighted by molar-refractivity contribution is -0.0498. The van der Waals surface area contributed by atoms with E-state index in [0.29, 0.717) is 21.7 Å². The average molecular weight is 365 g/mol. The molecule has 1 heterocycles. The van der Waals surface area contributed by atoms with Gasteiger partial charge in [0, 0.05) is 29.5 Å². The first-order valence-corrected chi connectivity index (χ1v) is 6.65. The normalized spacial score (nSPS) is 10.7. The van der Waals surface area contributed by atoms with E-state index in [1.807, 2.05) is 0 Å². The summed E-state index contributed by atoms with van der Waals surface area (Å²) >= 11 is 9.05. The van der Waals surface area contributed by atoms with Gasteiger partial charge in [-0.15, -0.1) is 0 Å². The summed E-state index contributed by atoms with van der Waals surface area (Å²) in [4.78, 5) is 7.73. The third-order valence-corrected chi connectivity index (χ3v) is 3.12. The maximum absolute atomic E-state index is 12.4. The van der Waals surface area contributed by atoms with Crippen LogP contribution in [0.2, 0.25) is 5.02 Å². The van der Waals surface area contributed by atoms with Gasteiger partial charge in [-0.25, -0.2) is 9.97 Å². The van der Waals surface area contributed by atoms with Gasteiger partial charge in [0.1, 0.15) is 6.33 Å². The van der Waals surface area contributed by atoms with Crippen molar-refractivity contribution in [2.24, 2.45) is 0 Å². The highest BCUT2D eigenvalue weighted by Gasteiger charge is 2.14. The first-order valence-electron chi connectivity index (χ1n) is 5.48. The van der Waals surface area contributed by atoms with Crippen molar-refractivity contribution in [1.82, 2.24) is 9.97 Å². The molecule has 106 valence electrons. The zero-order valence-electron chi connectivity index (χ0n) is 9.99. The number of nitrogens with zero attached hydrogens (tertiary/aromatic N) is 2. The van der Waals surface area contributed by atoms with Gasteiger partial charge in [0.15, 0.2) is 5.75 Å². The second-order valence-corrected chi connectivity index (χ2v) is 5.03. The Balaban J connectivity index is 2.21. The quantitative estimate of drug-likeness (QED) is 0.867. The molecule has 0 aliphatic heterocycles. The van der Waals surface area contributed by atoms with Gasteiger partial charge in [0.2, 0.25) is 0 Å². The van der Waals surface area contributed by atoms with E-state index < -0.39 is 6.61 Å². The van der Waals surface area contributed by atoms with Crippen LogP contribution in [0.15, 0.2) is 35.3 Å². The lowest BCUT2D eigenvalue weighted by atomic mass is 10.2. The molecule has 0 unspecified atom stereocenters. The van der Waals surface area contributed by atoms with E-state index in [-0.39, 0.29) is 5.75 Å². The van der Waals surface area contributed by atoms with Gasteiger partial charge in [-0.2, -0.15) is 8.78 Å². The Morgan fingerprint density at radius 1 is 1.30 bits per heavy atom. The topological polar surface area (TPSA) is 47.0 Å². The monoisotopic (exact) mass is 363 g/mol. The van der Waals surface area contributed by atoms with Gasteiger partial charge in [-0.1, -0.05) is 11.6 Å². The lowest BCUT2D eigenvalue weighted by Crippen LogP contribution is -2.07. The SMILES string of the molecule is FC(F)Oc1c(Br)cc(Cl)cc1NCc1cncnc1. The molecule has 8 heteroatoms. The van der Waals surface area contributed by atoms with Gasteiger partial charge in [0.05, 0.1) is 10.2 Å². The molecule has 0 amide bonds. The van der Waals surface area contributed by atoms with Crippen LogP contribution in [0.25, 0.3) is 0 Å². The summed E-state index contributed by atoms with van der Waals surface area (Å²) in [7, 11) is 0. The second-order valence-electron chi connectivity index (χ2n) is 3.74. The highest BCUT2D eigenvalue weighted by atomic mass is 79.9. The number of hydrogen-bond acceptors (Lipinski definition) is 4. The Bertz CT molecular complexity index is 586. The fraction of sp³-hybridized carbons (Fsp3) is 0.167. The molecular formula is C12H9BrClF2N3O. The molecule has 0 saturated heterocycles. The molecule has 0 atom stereocenters. The number of aromatic nitrogens is 2. The van der Waals surface area contributed by atoms with Crippen LogP contribution >= 0.6 is 27.5 Å². The first-order chi connectivity index (χ1) is 9.56. The zero-order chi connectivity index (χ0) is 14.5. The number of halogens is 4. The summed E-state index contributed by atoms with van der Waals surface area (Å²) in [6, 6.07) is 2.99. The third kappa shape index (κ3) is 4.01. The number of rotatable bonds is 5. The fourth-order valence-electron chi connectivity index (χ4n) is 1.52. The van der Waals surface area contributed by atoms with E-state index in [1.165, 1.54) is 18.5 Å². The van der Waals surface area contributed by atoms with Crippen molar-refractivity contribution in [3.05, 3.63) is 45.9 Å². The Labute approximate surface area is 127 Å². The predicted octanol–water partition coefficient (Wildman–Crippen LogP) is 4.11. The number of anilines is 1. The van der Waals surface area contributed by atoms with Crippen LogP contribution in [-0.4, -0.2) is 16.6 Å². The Hall–Kier alpha value is -1.47. The zero-order valence-corrected chi connectivity index (χ0v) is 12.3. The molecule has 2 rings (SSSR count). The Morgan fingerprint density at radius 2 is 2.00 bits per heavy atom. The summed E-state index contributed by atoms with van der Waals surface area (Å²) < 4.78 is 29.7. The van der Waals surface area contributed by atoms with Crippen molar-refractivity contribution in [1.29, 1.82) is 0 Å².